The van der Waals surface area contributed by atoms with Crippen LogP contribution >= 0.6 is 0 Å². The number of H-pyrrole nitrogens is 1. The number of nitrogens with one attached hydrogen (secondary N) is 1. The molecule has 3 N–H and O–H groups in total. The van der Waals surface area contributed by atoms with Gasteiger partial charge in [-0.15, -0.1) is 5.10 Å². The van der Waals surface area contributed by atoms with Crippen LogP contribution in [0.25, 0.3) is 11.3 Å². The van der Waals surface area contributed by atoms with Gasteiger partial charge in [0.1, 0.15) is 17.4 Å². The van der Waals surface area contributed by atoms with E-state index in [-0.39, 0.29) is 12.0 Å². The number of aromatic nitrogens is 2. The molecule has 0 aliphatic carbocycles. The van der Waals surface area contributed by atoms with E-state index in [2.05, 4.69) is 16.3 Å². The molecule has 1 aliphatic rings. The van der Waals surface area contributed by atoms with E-state index in [0.29, 0.717) is 17.2 Å². The molecule has 1 atom stereocenters. The average Bonchev–Trinajstić information content (AvgIpc) is 3.11. The molecule has 28 heavy (non-hydrogen) atoms. The van der Waals surface area contributed by atoms with Gasteiger partial charge < -0.3 is 15.2 Å². The number of hydrogen-bond acceptors (Lipinski definition) is 5. The number of para-hydroxylation sites is 1. The minimum absolute atomic E-state index is 0.00901. The maximum absolute atomic E-state index is 9.85. The van der Waals surface area contributed by atoms with Crippen molar-refractivity contribution >= 4 is 0 Å². The number of hydrogen-bond donors (Lipinski definition) is 2. The zero-order valence-electron chi connectivity index (χ0n) is 15.6. The van der Waals surface area contributed by atoms with E-state index in [9.17, 15) is 5.26 Å². The molecule has 4 rings (SSSR count). The quantitative estimate of drug-likeness (QED) is 0.719. The highest BCUT2D eigenvalue weighted by atomic mass is 16.5. The molecule has 6 heteroatoms. The van der Waals surface area contributed by atoms with Crippen molar-refractivity contribution in [2.75, 3.05) is 0 Å². The van der Waals surface area contributed by atoms with E-state index < -0.39 is 5.92 Å². The van der Waals surface area contributed by atoms with Crippen molar-refractivity contribution in [1.29, 1.82) is 5.26 Å². The van der Waals surface area contributed by atoms with Gasteiger partial charge in [-0.3, -0.25) is 5.10 Å². The molecular formula is C22H20N4O2. The Morgan fingerprint density at radius 1 is 1.14 bits per heavy atom. The van der Waals surface area contributed by atoms with E-state index in [0.717, 1.165) is 22.4 Å². The second kappa shape index (κ2) is 7.12. The van der Waals surface area contributed by atoms with Crippen LogP contribution in [0.4, 0.5) is 0 Å². The molecule has 0 spiro atoms. The highest BCUT2D eigenvalue weighted by molar-refractivity contribution is 5.71. The molecule has 0 fully saturated rings. The Hall–Kier alpha value is -3.72. The van der Waals surface area contributed by atoms with Crippen molar-refractivity contribution in [2.45, 2.75) is 25.9 Å². The zero-order chi connectivity index (χ0) is 19.7. The third-order valence-electron chi connectivity index (χ3n) is 4.59. The van der Waals surface area contributed by atoms with Crippen molar-refractivity contribution in [1.82, 2.24) is 10.2 Å². The molecule has 1 aliphatic heterocycles. The Morgan fingerprint density at radius 3 is 2.57 bits per heavy atom. The van der Waals surface area contributed by atoms with Gasteiger partial charge in [0.15, 0.2) is 0 Å². The second-order valence-corrected chi connectivity index (χ2v) is 6.81. The molecule has 0 amide bonds. The summed E-state index contributed by atoms with van der Waals surface area (Å²) < 4.78 is 11.7. The van der Waals surface area contributed by atoms with Gasteiger partial charge in [-0.05, 0) is 25.5 Å². The minimum Gasteiger partial charge on any atom is -0.491 e. The molecule has 6 nitrogen and oxygen atoms in total. The van der Waals surface area contributed by atoms with Gasteiger partial charge in [-0.2, -0.15) is 5.26 Å². The summed E-state index contributed by atoms with van der Waals surface area (Å²) in [5, 5.41) is 17.2. The summed E-state index contributed by atoms with van der Waals surface area (Å²) in [6, 6.07) is 19.7. The first-order valence-electron chi connectivity index (χ1n) is 9.07. The van der Waals surface area contributed by atoms with Crippen LogP contribution in [0.5, 0.6) is 11.6 Å². The zero-order valence-corrected chi connectivity index (χ0v) is 15.6. The van der Waals surface area contributed by atoms with Gasteiger partial charge in [0.2, 0.25) is 11.8 Å². The van der Waals surface area contributed by atoms with Crippen LogP contribution in [0.3, 0.4) is 0 Å². The minimum atomic E-state index is -0.447. The lowest BCUT2D eigenvalue weighted by Crippen LogP contribution is -2.21. The topological polar surface area (TPSA) is 96.9 Å². The van der Waals surface area contributed by atoms with Crippen LogP contribution in [0, 0.1) is 11.3 Å². The summed E-state index contributed by atoms with van der Waals surface area (Å²) in [6.07, 6.45) is -0.00901. The van der Waals surface area contributed by atoms with E-state index in [4.69, 9.17) is 15.2 Å². The average molecular weight is 372 g/mol. The van der Waals surface area contributed by atoms with E-state index >= 15 is 0 Å². The molecule has 140 valence electrons. The lowest BCUT2D eigenvalue weighted by atomic mass is 9.82. The van der Waals surface area contributed by atoms with Crippen molar-refractivity contribution in [3.8, 4) is 29.0 Å². The second-order valence-electron chi connectivity index (χ2n) is 6.81. The van der Waals surface area contributed by atoms with Crippen molar-refractivity contribution in [3.63, 3.8) is 0 Å². The van der Waals surface area contributed by atoms with Crippen molar-refractivity contribution in [3.05, 3.63) is 77.2 Å². The predicted octanol–water partition coefficient (Wildman–Crippen LogP) is 4.08. The fourth-order valence-corrected chi connectivity index (χ4v) is 3.46. The highest BCUT2D eigenvalue weighted by Gasteiger charge is 2.37. The Labute approximate surface area is 163 Å². The van der Waals surface area contributed by atoms with E-state index in [1.165, 1.54) is 0 Å². The number of nitriles is 1. The van der Waals surface area contributed by atoms with Gasteiger partial charge in [0, 0.05) is 5.56 Å². The maximum Gasteiger partial charge on any atom is 0.244 e. The summed E-state index contributed by atoms with van der Waals surface area (Å²) in [5.74, 6) is 0.693. The number of nitrogens with two attached hydrogens (primary N) is 1. The van der Waals surface area contributed by atoms with Crippen molar-refractivity contribution < 1.29 is 9.47 Å². The molecule has 1 unspecified atom stereocenters. The first kappa shape index (κ1) is 17.7. The summed E-state index contributed by atoms with van der Waals surface area (Å²) in [4.78, 5) is 0. The molecule has 2 heterocycles. The van der Waals surface area contributed by atoms with E-state index in [1.54, 1.807) is 0 Å². The largest absolute Gasteiger partial charge is 0.491 e. The number of nitrogens with zero attached hydrogens (tertiary/aromatic N) is 2. The summed E-state index contributed by atoms with van der Waals surface area (Å²) in [5.41, 5.74) is 9.77. The normalized spacial score (nSPS) is 15.7. The lowest BCUT2D eigenvalue weighted by Gasteiger charge is -2.26. The SMILES string of the molecule is CC(C)Oc1ccccc1C1C(C#N)=C(N)Oc2n[nH]c(-c3ccccc3)c21. The molecule has 0 radical (unpaired) electrons. The predicted molar refractivity (Wildman–Crippen MR) is 106 cm³/mol. The van der Waals surface area contributed by atoms with Crippen LogP contribution in [-0.2, 0) is 0 Å². The molecule has 0 saturated carbocycles. The van der Waals surface area contributed by atoms with Crippen LogP contribution in [-0.4, -0.2) is 16.3 Å². The standard InChI is InChI=1S/C22H20N4O2/c1-13(2)27-17-11-7-6-10-15(17)18-16(12-23)21(24)28-22-19(18)20(25-26-22)14-8-4-3-5-9-14/h3-11,13,18H,24H2,1-2H3,(H,25,26). The van der Waals surface area contributed by atoms with Crippen molar-refractivity contribution in [2.24, 2.45) is 5.73 Å². The van der Waals surface area contributed by atoms with Gasteiger partial charge in [0.05, 0.1) is 23.3 Å². The monoisotopic (exact) mass is 372 g/mol. The molecule has 1 aromatic heterocycles. The van der Waals surface area contributed by atoms with E-state index in [1.807, 2.05) is 68.4 Å². The maximum atomic E-state index is 9.85. The number of aromatic amines is 1. The van der Waals surface area contributed by atoms with Gasteiger partial charge in [0.25, 0.3) is 0 Å². The fourth-order valence-electron chi connectivity index (χ4n) is 3.46. The molecule has 0 bridgehead atoms. The fraction of sp³-hybridized carbons (Fsp3) is 0.182. The summed E-state index contributed by atoms with van der Waals surface area (Å²) in [6.45, 7) is 3.93. The Bertz CT molecular complexity index is 1080. The van der Waals surface area contributed by atoms with Gasteiger partial charge in [-0.1, -0.05) is 48.5 Å². The Kier molecular flexibility index (Phi) is 4.50. The van der Waals surface area contributed by atoms with Crippen LogP contribution in [0.2, 0.25) is 0 Å². The molecule has 3 aromatic rings. The van der Waals surface area contributed by atoms with Crippen LogP contribution in [0.15, 0.2) is 66.1 Å². The molecule has 0 saturated heterocycles. The highest BCUT2D eigenvalue weighted by Crippen LogP contribution is 2.47. The Morgan fingerprint density at radius 2 is 1.86 bits per heavy atom. The third kappa shape index (κ3) is 2.97. The summed E-state index contributed by atoms with van der Waals surface area (Å²) in [7, 11) is 0. The van der Waals surface area contributed by atoms with Gasteiger partial charge in [-0.25, -0.2) is 0 Å². The number of allylic oxidation sites excluding steroid dienone is 1. The number of fused-ring (bicyclic) bond motifs is 1. The van der Waals surface area contributed by atoms with Gasteiger partial charge >= 0.3 is 0 Å². The molecular weight excluding hydrogens is 352 g/mol. The van der Waals surface area contributed by atoms with Crippen LogP contribution in [0.1, 0.15) is 30.9 Å². The number of benzene rings is 2. The first-order valence-corrected chi connectivity index (χ1v) is 9.07. The summed E-state index contributed by atoms with van der Waals surface area (Å²) >= 11 is 0. The lowest BCUT2D eigenvalue weighted by molar-refractivity contribution is 0.239. The molecule has 2 aromatic carbocycles. The Balaban J connectivity index is 1.95. The smallest absolute Gasteiger partial charge is 0.244 e. The number of rotatable bonds is 4. The third-order valence-corrected chi connectivity index (χ3v) is 4.59. The first-order chi connectivity index (χ1) is 13.6. The number of ether oxygens (including phenoxy) is 2. The van der Waals surface area contributed by atoms with Crippen LogP contribution < -0.4 is 15.2 Å².